The minimum Gasteiger partial charge on any atom is -0.507 e. The van der Waals surface area contributed by atoms with Gasteiger partial charge in [-0.25, -0.2) is 4.79 Å². The number of aromatic hydroxyl groups is 2. The molecule has 3 atom stereocenters. The van der Waals surface area contributed by atoms with E-state index in [0.717, 1.165) is 25.3 Å². The van der Waals surface area contributed by atoms with Gasteiger partial charge in [0.25, 0.3) is 5.91 Å². The van der Waals surface area contributed by atoms with E-state index >= 15 is 0 Å². The van der Waals surface area contributed by atoms with Gasteiger partial charge in [-0.3, -0.25) is 9.63 Å². The van der Waals surface area contributed by atoms with E-state index in [1.54, 1.807) is 43.2 Å². The molecule has 10 heteroatoms. The number of carbonyl (C=O) groups excluding carboxylic acids is 2. The zero-order valence-corrected chi connectivity index (χ0v) is 21.5. The summed E-state index contributed by atoms with van der Waals surface area (Å²) in [5.74, 6) is -1.72. The van der Waals surface area contributed by atoms with Gasteiger partial charge in [-0.05, 0) is 44.6 Å². The number of piperidine rings is 1. The highest BCUT2D eigenvalue weighted by Gasteiger charge is 2.28. The lowest BCUT2D eigenvalue weighted by atomic mass is 9.97. The van der Waals surface area contributed by atoms with Crippen molar-refractivity contribution in [2.45, 2.75) is 63.7 Å². The molecule has 0 aromatic heterocycles. The SMILES string of the molecule is C[C@@H]1C/C=C/[C@@H](O)C/C=C/C(N(C)OCC(=O)N2CCCCC2)Cc2c(Cl)c(O)cc(O)c2C(=O)O1. The number of aliphatic hydroxyl groups excluding tert-OH is 1. The van der Waals surface area contributed by atoms with Crippen LogP contribution in [0.15, 0.2) is 30.4 Å². The normalized spacial score (nSPS) is 25.5. The number of halogens is 1. The summed E-state index contributed by atoms with van der Waals surface area (Å²) in [5.41, 5.74) is 0.0499. The maximum absolute atomic E-state index is 13.0. The van der Waals surface area contributed by atoms with Gasteiger partial charge in [-0.1, -0.05) is 35.9 Å². The molecule has 0 radical (unpaired) electrons. The summed E-state index contributed by atoms with van der Waals surface area (Å²) in [5, 5.41) is 32.4. The van der Waals surface area contributed by atoms with E-state index < -0.39 is 30.0 Å². The number of amides is 1. The van der Waals surface area contributed by atoms with Gasteiger partial charge in [-0.15, -0.1) is 0 Å². The minimum atomic E-state index is -0.783. The predicted molar refractivity (Wildman–Crippen MR) is 135 cm³/mol. The molecule has 2 heterocycles. The number of hydrogen-bond acceptors (Lipinski definition) is 8. The molecule has 3 N–H and O–H groups in total. The molecule has 9 nitrogen and oxygen atoms in total. The number of fused-ring (bicyclic) bond motifs is 1. The first-order valence-corrected chi connectivity index (χ1v) is 12.6. The van der Waals surface area contributed by atoms with E-state index in [1.807, 2.05) is 0 Å². The van der Waals surface area contributed by atoms with Crippen LogP contribution in [0, 0.1) is 0 Å². The quantitative estimate of drug-likeness (QED) is 0.313. The number of ether oxygens (including phenoxy) is 1. The fourth-order valence-corrected chi connectivity index (χ4v) is 4.51. The van der Waals surface area contributed by atoms with E-state index in [2.05, 4.69) is 0 Å². The number of hydrogen-bond donors (Lipinski definition) is 3. The van der Waals surface area contributed by atoms with E-state index in [9.17, 15) is 24.9 Å². The molecule has 36 heavy (non-hydrogen) atoms. The van der Waals surface area contributed by atoms with Crippen molar-refractivity contribution in [3.05, 3.63) is 46.5 Å². The van der Waals surface area contributed by atoms with Crippen LogP contribution >= 0.6 is 11.6 Å². The molecule has 1 fully saturated rings. The Hall–Kier alpha value is -2.59. The number of nitrogens with zero attached hydrogens (tertiary/aromatic N) is 2. The maximum atomic E-state index is 13.0. The first-order chi connectivity index (χ1) is 17.2. The second kappa shape index (κ2) is 13.1. The Balaban J connectivity index is 1.89. The summed E-state index contributed by atoms with van der Waals surface area (Å²) in [4.78, 5) is 33.1. The second-order valence-electron chi connectivity index (χ2n) is 9.23. The van der Waals surface area contributed by atoms with Crippen LogP contribution in [0.5, 0.6) is 11.5 Å². The Morgan fingerprint density at radius 1 is 1.17 bits per heavy atom. The van der Waals surface area contributed by atoms with E-state index in [4.69, 9.17) is 21.2 Å². The number of likely N-dealkylation sites (tertiary alicyclic amines) is 1. The molecule has 3 rings (SSSR count). The lowest BCUT2D eigenvalue weighted by molar-refractivity contribution is -0.176. The van der Waals surface area contributed by atoms with Gasteiger partial charge in [0.1, 0.15) is 29.8 Å². The molecule has 198 valence electrons. The first kappa shape index (κ1) is 28.0. The van der Waals surface area contributed by atoms with E-state index in [1.165, 1.54) is 5.06 Å². The van der Waals surface area contributed by atoms with Gasteiger partial charge in [0.15, 0.2) is 0 Å². The van der Waals surface area contributed by atoms with Crippen LogP contribution < -0.4 is 0 Å². The third-order valence-electron chi connectivity index (χ3n) is 6.38. The Kier molecular flexibility index (Phi) is 10.2. The number of cyclic esters (lactones) is 1. The van der Waals surface area contributed by atoms with Crippen LogP contribution in [0.25, 0.3) is 0 Å². The molecule has 0 spiro atoms. The van der Waals surface area contributed by atoms with Crippen LogP contribution in [0.2, 0.25) is 5.02 Å². The van der Waals surface area contributed by atoms with Gasteiger partial charge in [0.2, 0.25) is 0 Å². The number of aliphatic hydroxyl groups is 1. The Labute approximate surface area is 216 Å². The molecule has 1 aromatic carbocycles. The highest BCUT2D eigenvalue weighted by molar-refractivity contribution is 6.33. The number of rotatable bonds is 4. The molecule has 1 unspecified atom stereocenters. The van der Waals surface area contributed by atoms with Crippen LogP contribution in [0.4, 0.5) is 0 Å². The highest BCUT2D eigenvalue weighted by atomic mass is 35.5. The van der Waals surface area contributed by atoms with Crippen LogP contribution in [-0.4, -0.2) is 82.2 Å². The lowest BCUT2D eigenvalue weighted by Gasteiger charge is -2.29. The van der Waals surface area contributed by atoms with E-state index in [-0.39, 0.29) is 40.8 Å². The number of hydroxylamine groups is 2. The van der Waals surface area contributed by atoms with Crippen LogP contribution in [-0.2, 0) is 20.8 Å². The molecule has 0 aliphatic carbocycles. The molecule has 2 aliphatic heterocycles. The number of phenolic OH excluding ortho intramolecular Hbond substituents is 2. The number of phenols is 2. The van der Waals surface area contributed by atoms with Crippen molar-refractivity contribution >= 4 is 23.5 Å². The van der Waals surface area contributed by atoms with Crippen molar-refractivity contribution in [1.82, 2.24) is 9.96 Å². The monoisotopic (exact) mass is 522 g/mol. The van der Waals surface area contributed by atoms with Crippen molar-refractivity contribution in [3.8, 4) is 11.5 Å². The Bertz CT molecular complexity index is 991. The third-order valence-corrected chi connectivity index (χ3v) is 6.80. The van der Waals surface area contributed by atoms with E-state index in [0.29, 0.717) is 25.9 Å². The smallest absolute Gasteiger partial charge is 0.342 e. The van der Waals surface area contributed by atoms with Gasteiger partial charge in [0, 0.05) is 32.6 Å². The van der Waals surface area contributed by atoms with Crippen molar-refractivity contribution in [2.75, 3.05) is 26.7 Å². The highest BCUT2D eigenvalue weighted by Crippen LogP contribution is 2.38. The van der Waals surface area contributed by atoms with Crippen LogP contribution in [0.1, 0.15) is 54.9 Å². The molecule has 2 aliphatic rings. The molecular weight excluding hydrogens is 488 g/mol. The Morgan fingerprint density at radius 3 is 2.58 bits per heavy atom. The standard InChI is InChI=1S/C26H35ClN2O7/c1-17-8-6-10-19(30)11-7-9-18(28(2)35-16-23(33)29-12-4-3-5-13-29)14-20-24(26(34)36-17)21(31)15-22(32)25(20)27/h6-7,9-10,15,17-19,30-32H,3-5,8,11-14,16H2,1-2H3/b9-7+,10-6+/t17-,18?,19-/m1/s1. The van der Waals surface area contributed by atoms with Gasteiger partial charge in [0.05, 0.1) is 17.2 Å². The van der Waals surface area contributed by atoms with Gasteiger partial charge < -0.3 is 25.0 Å². The zero-order chi connectivity index (χ0) is 26.2. The average Bonchev–Trinajstić information content (AvgIpc) is 2.84. The van der Waals surface area contributed by atoms with Crippen molar-refractivity contribution < 1.29 is 34.5 Å². The fourth-order valence-electron chi connectivity index (χ4n) is 4.29. The van der Waals surface area contributed by atoms with Crippen molar-refractivity contribution in [2.24, 2.45) is 0 Å². The van der Waals surface area contributed by atoms with Crippen molar-refractivity contribution in [1.29, 1.82) is 0 Å². The summed E-state index contributed by atoms with van der Waals surface area (Å²) < 4.78 is 5.49. The third kappa shape index (κ3) is 7.46. The molecule has 1 amide bonds. The van der Waals surface area contributed by atoms with Crippen molar-refractivity contribution in [3.63, 3.8) is 0 Å². The summed E-state index contributed by atoms with van der Waals surface area (Å²) in [6.45, 7) is 2.96. The summed E-state index contributed by atoms with van der Waals surface area (Å²) in [6, 6.07) is 0.454. The van der Waals surface area contributed by atoms with Gasteiger partial charge >= 0.3 is 5.97 Å². The molecule has 0 bridgehead atoms. The molecule has 0 saturated carbocycles. The number of esters is 1. The molecule has 1 aromatic rings. The zero-order valence-electron chi connectivity index (χ0n) is 20.7. The Morgan fingerprint density at radius 2 is 1.86 bits per heavy atom. The second-order valence-corrected chi connectivity index (χ2v) is 9.60. The van der Waals surface area contributed by atoms with Crippen LogP contribution in [0.3, 0.4) is 0 Å². The summed E-state index contributed by atoms with van der Waals surface area (Å²) >= 11 is 6.39. The average molecular weight is 523 g/mol. The molecular formula is C26H35ClN2O7. The number of likely N-dealkylation sites (N-methyl/N-ethyl adjacent to an activating group) is 1. The first-order valence-electron chi connectivity index (χ1n) is 12.3. The predicted octanol–water partition coefficient (Wildman–Crippen LogP) is 3.35. The lowest BCUT2D eigenvalue weighted by Crippen LogP contribution is -2.41. The maximum Gasteiger partial charge on any atom is 0.342 e. The fraction of sp³-hybridized carbons (Fsp3) is 0.538. The number of benzene rings is 1. The topological polar surface area (TPSA) is 120 Å². The summed E-state index contributed by atoms with van der Waals surface area (Å²) in [6.07, 6.45) is 9.45. The molecule has 1 saturated heterocycles. The van der Waals surface area contributed by atoms with Gasteiger partial charge in [-0.2, -0.15) is 5.06 Å². The minimum absolute atomic E-state index is 0.0520. The largest absolute Gasteiger partial charge is 0.507 e. The summed E-state index contributed by atoms with van der Waals surface area (Å²) in [7, 11) is 1.65. The number of carbonyl (C=O) groups is 2.